The molecule has 0 atom stereocenters. The van der Waals surface area contributed by atoms with Gasteiger partial charge < -0.3 is 14.5 Å². The SMILES string of the molecule is CN1CCN(CCC(C)(C)C(=O)OCSP(=O)(OC(C)(C)C)OC(C)(C)C)CC1. The Morgan fingerprint density at radius 1 is 0.931 bits per heavy atom. The van der Waals surface area contributed by atoms with Gasteiger partial charge in [-0.1, -0.05) is 0 Å². The van der Waals surface area contributed by atoms with Gasteiger partial charge in [0, 0.05) is 37.6 Å². The van der Waals surface area contributed by atoms with Gasteiger partial charge in [0.1, 0.15) is 5.94 Å². The van der Waals surface area contributed by atoms with Gasteiger partial charge >= 0.3 is 12.8 Å². The summed E-state index contributed by atoms with van der Waals surface area (Å²) in [5, 5.41) is 0. The van der Waals surface area contributed by atoms with E-state index in [1.165, 1.54) is 0 Å². The Balaban J connectivity index is 2.55. The maximum atomic E-state index is 13.2. The van der Waals surface area contributed by atoms with Crippen LogP contribution in [0.2, 0.25) is 0 Å². The molecular formula is C20H41N2O5PS. The van der Waals surface area contributed by atoms with E-state index in [0.717, 1.165) is 50.5 Å². The van der Waals surface area contributed by atoms with E-state index >= 15 is 0 Å². The van der Waals surface area contributed by atoms with Crippen LogP contribution in [-0.2, 0) is 23.1 Å². The molecule has 7 nitrogen and oxygen atoms in total. The first kappa shape index (κ1) is 26.9. The molecule has 0 aromatic carbocycles. The molecule has 0 radical (unpaired) electrons. The van der Waals surface area contributed by atoms with Gasteiger partial charge in [0.25, 0.3) is 0 Å². The predicted octanol–water partition coefficient (Wildman–Crippen LogP) is 4.62. The summed E-state index contributed by atoms with van der Waals surface area (Å²) in [4.78, 5) is 17.3. The maximum absolute atomic E-state index is 13.2. The number of carbonyl (C=O) groups excluding carboxylic acids is 1. The second-order valence-electron chi connectivity index (χ2n) is 10.3. The lowest BCUT2D eigenvalue weighted by atomic mass is 9.89. The molecule has 1 aliphatic heterocycles. The number of nitrogens with zero attached hydrogens (tertiary/aromatic N) is 2. The Hall–Kier alpha value is -0.110. The van der Waals surface area contributed by atoms with Crippen LogP contribution in [-0.4, -0.2) is 72.7 Å². The fourth-order valence-electron chi connectivity index (χ4n) is 2.69. The summed E-state index contributed by atoms with van der Waals surface area (Å²) < 4.78 is 30.0. The Bertz CT molecular complexity index is 558. The summed E-state index contributed by atoms with van der Waals surface area (Å²) in [6.45, 7) is 16.2. The van der Waals surface area contributed by atoms with E-state index in [1.807, 2.05) is 55.4 Å². The Kier molecular flexibility index (Phi) is 9.72. The van der Waals surface area contributed by atoms with Gasteiger partial charge in [0.2, 0.25) is 0 Å². The largest absolute Gasteiger partial charge is 0.454 e. The third-order valence-electron chi connectivity index (χ3n) is 4.37. The molecule has 1 heterocycles. The summed E-state index contributed by atoms with van der Waals surface area (Å²) in [6.07, 6.45) is 0.717. The summed E-state index contributed by atoms with van der Waals surface area (Å²) >= 11 is 0.921. The minimum atomic E-state index is -3.49. The van der Waals surface area contributed by atoms with E-state index in [1.54, 1.807) is 0 Å². The van der Waals surface area contributed by atoms with Crippen LogP contribution in [0.4, 0.5) is 0 Å². The number of ether oxygens (including phenoxy) is 1. The number of hydrogen-bond acceptors (Lipinski definition) is 8. The van der Waals surface area contributed by atoms with Crippen LogP contribution >= 0.6 is 18.2 Å². The fraction of sp³-hybridized carbons (Fsp3) is 0.950. The highest BCUT2D eigenvalue weighted by molar-refractivity contribution is 8.55. The van der Waals surface area contributed by atoms with Crippen molar-refractivity contribution >= 4 is 24.1 Å². The molecule has 29 heavy (non-hydrogen) atoms. The molecule has 0 aromatic rings. The van der Waals surface area contributed by atoms with E-state index in [4.69, 9.17) is 13.8 Å². The number of hydrogen-bond donors (Lipinski definition) is 0. The van der Waals surface area contributed by atoms with Gasteiger partial charge in [0.15, 0.2) is 0 Å². The molecule has 0 amide bonds. The summed E-state index contributed by atoms with van der Waals surface area (Å²) in [5.41, 5.74) is -1.89. The van der Waals surface area contributed by atoms with Gasteiger partial charge in [-0.3, -0.25) is 13.8 Å². The van der Waals surface area contributed by atoms with Gasteiger partial charge in [0.05, 0.1) is 16.6 Å². The number of likely N-dealkylation sites (N-methyl/N-ethyl adjacent to an activating group) is 1. The quantitative estimate of drug-likeness (QED) is 0.285. The van der Waals surface area contributed by atoms with E-state index in [9.17, 15) is 9.36 Å². The van der Waals surface area contributed by atoms with Gasteiger partial charge in [-0.15, -0.1) is 0 Å². The molecular weight excluding hydrogens is 411 g/mol. The monoisotopic (exact) mass is 452 g/mol. The van der Waals surface area contributed by atoms with Gasteiger partial charge in [-0.25, -0.2) is 4.57 Å². The molecule has 172 valence electrons. The Morgan fingerprint density at radius 2 is 1.41 bits per heavy atom. The molecule has 0 unspecified atom stereocenters. The first-order chi connectivity index (χ1) is 13.0. The zero-order valence-electron chi connectivity index (χ0n) is 19.7. The van der Waals surface area contributed by atoms with Crippen molar-refractivity contribution in [3.63, 3.8) is 0 Å². The lowest BCUT2D eigenvalue weighted by molar-refractivity contribution is -0.152. The van der Waals surface area contributed by atoms with Crippen molar-refractivity contribution in [1.29, 1.82) is 0 Å². The van der Waals surface area contributed by atoms with Gasteiger partial charge in [-0.05, 0) is 75.4 Å². The van der Waals surface area contributed by atoms with Crippen molar-refractivity contribution in [3.05, 3.63) is 0 Å². The van der Waals surface area contributed by atoms with Crippen LogP contribution in [0.3, 0.4) is 0 Å². The fourth-order valence-corrected chi connectivity index (χ4v) is 6.67. The average molecular weight is 453 g/mol. The first-order valence-electron chi connectivity index (χ1n) is 10.3. The van der Waals surface area contributed by atoms with Crippen molar-refractivity contribution in [2.24, 2.45) is 5.41 Å². The zero-order chi connectivity index (χ0) is 22.5. The van der Waals surface area contributed by atoms with Crippen molar-refractivity contribution in [2.45, 2.75) is 73.0 Å². The highest BCUT2D eigenvalue weighted by Gasteiger charge is 2.37. The van der Waals surface area contributed by atoms with Crippen LogP contribution in [0.25, 0.3) is 0 Å². The topological polar surface area (TPSA) is 68.3 Å². The molecule has 0 saturated carbocycles. The highest BCUT2D eigenvalue weighted by atomic mass is 32.7. The lowest BCUT2D eigenvalue weighted by Gasteiger charge is -2.34. The lowest BCUT2D eigenvalue weighted by Crippen LogP contribution is -2.45. The van der Waals surface area contributed by atoms with Crippen molar-refractivity contribution < 1.29 is 23.1 Å². The van der Waals surface area contributed by atoms with E-state index in [-0.39, 0.29) is 11.9 Å². The second kappa shape index (κ2) is 10.5. The molecule has 1 rings (SSSR count). The van der Waals surface area contributed by atoms with Crippen LogP contribution in [0.5, 0.6) is 0 Å². The molecule has 1 fully saturated rings. The third kappa shape index (κ3) is 11.2. The van der Waals surface area contributed by atoms with Crippen molar-refractivity contribution in [3.8, 4) is 0 Å². The highest BCUT2D eigenvalue weighted by Crippen LogP contribution is 2.64. The normalized spacial score (nSPS) is 18.1. The smallest absolute Gasteiger partial charge is 0.393 e. The molecule has 0 aliphatic carbocycles. The Morgan fingerprint density at radius 3 is 1.86 bits per heavy atom. The molecule has 1 aliphatic rings. The van der Waals surface area contributed by atoms with Crippen LogP contribution < -0.4 is 0 Å². The third-order valence-corrected chi connectivity index (χ3v) is 8.17. The van der Waals surface area contributed by atoms with Crippen LogP contribution in [0, 0.1) is 5.41 Å². The van der Waals surface area contributed by atoms with E-state index in [0.29, 0.717) is 0 Å². The summed E-state index contributed by atoms with van der Waals surface area (Å²) in [5.74, 6) is -0.364. The average Bonchev–Trinajstić information content (AvgIpc) is 2.50. The van der Waals surface area contributed by atoms with Crippen molar-refractivity contribution in [2.75, 3.05) is 45.7 Å². The van der Waals surface area contributed by atoms with Gasteiger partial charge in [-0.2, -0.15) is 0 Å². The molecule has 9 heteroatoms. The molecule has 0 spiro atoms. The number of rotatable bonds is 9. The zero-order valence-corrected chi connectivity index (χ0v) is 21.5. The summed E-state index contributed by atoms with van der Waals surface area (Å²) in [6, 6.07) is 0. The standard InChI is InChI=1S/C20H41N2O5PS/c1-18(2,3)26-28(24,27-19(4,5)6)29-16-25-17(23)20(7,8)10-11-22-14-12-21(9)13-15-22/h10-16H2,1-9H3. The van der Waals surface area contributed by atoms with Crippen molar-refractivity contribution in [1.82, 2.24) is 9.80 Å². The van der Waals surface area contributed by atoms with E-state index < -0.39 is 23.4 Å². The van der Waals surface area contributed by atoms with Crippen LogP contribution in [0.15, 0.2) is 0 Å². The molecule has 0 aromatic heterocycles. The first-order valence-corrected chi connectivity index (χ1v) is 13.4. The Labute approximate surface area is 181 Å². The number of esters is 1. The van der Waals surface area contributed by atoms with E-state index in [2.05, 4.69) is 16.8 Å². The molecule has 0 N–H and O–H groups in total. The maximum Gasteiger partial charge on any atom is 0.393 e. The van der Waals surface area contributed by atoms with Crippen LogP contribution in [0.1, 0.15) is 61.8 Å². The number of piperazine rings is 1. The number of carbonyl (C=O) groups is 1. The molecule has 1 saturated heterocycles. The summed E-state index contributed by atoms with van der Waals surface area (Å²) in [7, 11) is 2.13. The minimum absolute atomic E-state index is 0.0692. The predicted molar refractivity (Wildman–Crippen MR) is 120 cm³/mol. The minimum Gasteiger partial charge on any atom is -0.454 e. The molecule has 0 bridgehead atoms. The second-order valence-corrected chi connectivity index (χ2v) is 14.2.